The van der Waals surface area contributed by atoms with E-state index in [-0.39, 0.29) is 141 Å². The molecule has 7 radical (unpaired) electrons. The van der Waals surface area contributed by atoms with Gasteiger partial charge in [-0.1, -0.05) is 0 Å². The summed E-state index contributed by atoms with van der Waals surface area (Å²) in [6.45, 7) is 0. The molecule has 0 saturated carbocycles. The predicted molar refractivity (Wildman–Crippen MR) is 2.75 cm³/mol. The molecule has 0 aromatic carbocycles. The fourth-order valence-corrected chi connectivity index (χ4v) is 0. The monoisotopic (exact) mass is 449 g/mol. The molecule has 0 aromatic heterocycles. The van der Waals surface area contributed by atoms with Crippen LogP contribution in [0.5, 0.6) is 0 Å². The van der Waals surface area contributed by atoms with Gasteiger partial charge in [-0.15, -0.1) is 0 Å². The van der Waals surface area contributed by atoms with Crippen LogP contribution in [0.15, 0.2) is 0 Å². The van der Waals surface area contributed by atoms with Crippen LogP contribution >= 0.6 is 0 Å². The molecule has 0 N–H and O–H groups in total. The van der Waals surface area contributed by atoms with Crippen LogP contribution in [0.25, 0.3) is 0 Å². The van der Waals surface area contributed by atoms with Crippen LogP contribution in [0.3, 0.4) is 0 Å². The van der Waals surface area contributed by atoms with Gasteiger partial charge >= 0.3 is 119 Å². The molecular weight excluding hydrogens is 449 g/mol. The summed E-state index contributed by atoms with van der Waals surface area (Å²) < 4.78 is 0. The number of hydrogen-bond donors (Lipinski definition) is 0. The first-order chi connectivity index (χ1) is 0. The molecule has 0 amide bonds. The molecule has 0 aromatic rings. The van der Waals surface area contributed by atoms with Gasteiger partial charge in [-0.25, -0.2) is 0 Å². The SMILES string of the molecule is [Mn+2].[Mn+2].[Mn+2].[Mn+2].[Mn+2].[Mn+2].[Mn+2].[O-2].[O-2].[O-2].[O-2]. The Balaban J connectivity index is 0. The van der Waals surface area contributed by atoms with Crippen molar-refractivity contribution in [2.45, 2.75) is 0 Å². The molecule has 11 heteroatoms. The molecule has 0 saturated heterocycles. The molecule has 0 spiro atoms. The third-order valence-electron chi connectivity index (χ3n) is 0. The molecule has 0 unspecified atom stereocenters. The van der Waals surface area contributed by atoms with Gasteiger partial charge in [-0.05, 0) is 0 Å². The summed E-state index contributed by atoms with van der Waals surface area (Å²) in [7, 11) is 0. The first kappa shape index (κ1) is 218. The Labute approximate surface area is 139 Å². The summed E-state index contributed by atoms with van der Waals surface area (Å²) >= 11 is 0. The van der Waals surface area contributed by atoms with Crippen molar-refractivity contribution in [1.82, 2.24) is 0 Å². The minimum Gasteiger partial charge on any atom is -2.00 e. The van der Waals surface area contributed by atoms with E-state index in [0.29, 0.717) is 0 Å². The van der Waals surface area contributed by atoms with E-state index in [2.05, 4.69) is 0 Å². The number of hydrogen-bond acceptors (Lipinski definition) is 0. The average molecular weight is 449 g/mol. The summed E-state index contributed by atoms with van der Waals surface area (Å²) in [6, 6.07) is 0. The maximum absolute atomic E-state index is 0. The quantitative estimate of drug-likeness (QED) is 0.445. The summed E-state index contributed by atoms with van der Waals surface area (Å²) in [6.07, 6.45) is 0. The first-order valence-corrected chi connectivity index (χ1v) is 0. The number of rotatable bonds is 0. The first-order valence-electron chi connectivity index (χ1n) is 0. The molecule has 4 nitrogen and oxygen atoms in total. The second-order valence-corrected chi connectivity index (χ2v) is 0. The standard InChI is InChI=1S/7Mn.4O/q7*+2;4*-2. The van der Waals surface area contributed by atoms with Gasteiger partial charge in [0.15, 0.2) is 0 Å². The van der Waals surface area contributed by atoms with E-state index in [1.54, 1.807) is 0 Å². The summed E-state index contributed by atoms with van der Waals surface area (Å²) in [5.74, 6) is 0. The van der Waals surface area contributed by atoms with Crippen molar-refractivity contribution in [3.8, 4) is 0 Å². The van der Waals surface area contributed by atoms with Gasteiger partial charge in [-0.2, -0.15) is 0 Å². The van der Waals surface area contributed by atoms with Crippen molar-refractivity contribution in [2.75, 3.05) is 0 Å². The topological polar surface area (TPSA) is 114 Å². The Morgan fingerprint density at radius 2 is 0.182 bits per heavy atom. The van der Waals surface area contributed by atoms with E-state index >= 15 is 0 Å². The molecular formula is Mn7O4+6. The molecule has 0 rings (SSSR count). The third-order valence-corrected chi connectivity index (χ3v) is 0. The van der Waals surface area contributed by atoms with Gasteiger partial charge in [0.25, 0.3) is 0 Å². The molecule has 67 valence electrons. The van der Waals surface area contributed by atoms with Crippen LogP contribution in [-0.2, 0) is 141 Å². The smallest absolute Gasteiger partial charge is 2.00 e. The Kier molecular flexibility index (Phi) is 3430. The zero-order valence-corrected chi connectivity index (χ0v) is 12.5. The summed E-state index contributed by atoms with van der Waals surface area (Å²) in [5, 5.41) is 0. The van der Waals surface area contributed by atoms with Gasteiger partial charge < -0.3 is 21.9 Å². The molecule has 0 fully saturated rings. The maximum Gasteiger partial charge on any atom is 2.00 e. The summed E-state index contributed by atoms with van der Waals surface area (Å²) in [5.41, 5.74) is 0. The van der Waals surface area contributed by atoms with Gasteiger partial charge in [0.1, 0.15) is 0 Å². The van der Waals surface area contributed by atoms with Gasteiger partial charge in [0.2, 0.25) is 0 Å². The Bertz CT molecular complexity index is 10.4. The molecule has 0 heterocycles. The summed E-state index contributed by atoms with van der Waals surface area (Å²) in [4.78, 5) is 0. The Hall–Kier alpha value is 3.48. The van der Waals surface area contributed by atoms with Crippen LogP contribution in [-0.4, -0.2) is 0 Å². The zero-order valence-electron chi connectivity index (χ0n) is 4.28. The third kappa shape index (κ3) is 147. The second kappa shape index (κ2) is 174. The van der Waals surface area contributed by atoms with Crippen molar-refractivity contribution in [3.63, 3.8) is 0 Å². The van der Waals surface area contributed by atoms with Crippen LogP contribution in [0.1, 0.15) is 0 Å². The van der Waals surface area contributed by atoms with E-state index in [9.17, 15) is 0 Å². The minimum atomic E-state index is 0. The molecule has 0 aliphatic rings. The van der Waals surface area contributed by atoms with E-state index in [0.717, 1.165) is 0 Å². The predicted octanol–water partition coefficient (Wildman–Crippen LogP) is -0.493. The molecule has 0 aliphatic heterocycles. The van der Waals surface area contributed by atoms with Crippen LogP contribution in [0, 0.1) is 0 Å². The largest absolute Gasteiger partial charge is 2.00 e. The van der Waals surface area contributed by atoms with E-state index in [1.165, 1.54) is 0 Å². The van der Waals surface area contributed by atoms with Crippen LogP contribution in [0.4, 0.5) is 0 Å². The van der Waals surface area contributed by atoms with Crippen LogP contribution < -0.4 is 0 Å². The van der Waals surface area contributed by atoms with Crippen LogP contribution in [0.2, 0.25) is 0 Å². The second-order valence-electron chi connectivity index (χ2n) is 0. The van der Waals surface area contributed by atoms with Crippen molar-refractivity contribution < 1.29 is 141 Å². The van der Waals surface area contributed by atoms with E-state index in [4.69, 9.17) is 0 Å². The Morgan fingerprint density at radius 3 is 0.182 bits per heavy atom. The maximum atomic E-state index is 0. The van der Waals surface area contributed by atoms with Gasteiger partial charge in [0, 0.05) is 0 Å². The average Bonchev–Trinajstić information content (AvgIpc) is 0. The van der Waals surface area contributed by atoms with Gasteiger partial charge in [0.05, 0.1) is 0 Å². The van der Waals surface area contributed by atoms with Crippen molar-refractivity contribution >= 4 is 0 Å². The zero-order chi connectivity index (χ0) is 0. The molecule has 0 aliphatic carbocycles. The normalized spacial score (nSPS) is 0. The fraction of sp³-hybridized carbons (Fsp3) is 0. The Morgan fingerprint density at radius 1 is 0.182 bits per heavy atom. The fourth-order valence-electron chi connectivity index (χ4n) is 0. The minimum absolute atomic E-state index is 0. The van der Waals surface area contributed by atoms with Crippen molar-refractivity contribution in [2.24, 2.45) is 0 Å². The van der Waals surface area contributed by atoms with Crippen molar-refractivity contribution in [3.05, 3.63) is 0 Å². The van der Waals surface area contributed by atoms with Crippen molar-refractivity contribution in [1.29, 1.82) is 0 Å². The molecule has 0 bridgehead atoms. The van der Waals surface area contributed by atoms with Gasteiger partial charge in [-0.3, -0.25) is 0 Å². The molecule has 0 atom stereocenters. The van der Waals surface area contributed by atoms with E-state index in [1.807, 2.05) is 0 Å². The molecule has 11 heavy (non-hydrogen) atoms. The van der Waals surface area contributed by atoms with E-state index < -0.39 is 0 Å².